The Morgan fingerprint density at radius 1 is 1.35 bits per heavy atom. The number of hydrogen-bond acceptors (Lipinski definition) is 3. The van der Waals surface area contributed by atoms with Gasteiger partial charge in [0, 0.05) is 13.1 Å². The minimum Gasteiger partial charge on any atom is -0.392 e. The summed E-state index contributed by atoms with van der Waals surface area (Å²) in [5, 5.41) is 9.29. The third kappa shape index (κ3) is 2.90. The Kier molecular flexibility index (Phi) is 4.83. The first-order chi connectivity index (χ1) is 9.50. The van der Waals surface area contributed by atoms with Crippen LogP contribution in [0.1, 0.15) is 37.3 Å². The average Bonchev–Trinajstić information content (AvgIpc) is 2.37. The number of sulfonamides is 1. The van der Waals surface area contributed by atoms with Crippen LogP contribution in [0.5, 0.6) is 0 Å². The Morgan fingerprint density at radius 2 is 2.05 bits per heavy atom. The standard InChI is InChI=1S/C15H23NO3S/c1-3-16(10-13-6-4-7-13)20(18,19)15-9-5-8-14(11-17)12(15)2/h5,8-9,13,17H,3-4,6-7,10-11H2,1-2H3. The number of aliphatic hydroxyl groups excluding tert-OH is 1. The summed E-state index contributed by atoms with van der Waals surface area (Å²) in [6.07, 6.45) is 3.46. The Labute approximate surface area is 121 Å². The van der Waals surface area contributed by atoms with Crippen LogP contribution in [0.2, 0.25) is 0 Å². The molecule has 1 aliphatic rings. The lowest BCUT2D eigenvalue weighted by Gasteiger charge is -2.31. The Hall–Kier alpha value is -0.910. The van der Waals surface area contributed by atoms with Gasteiger partial charge in [0.05, 0.1) is 11.5 Å². The Bertz CT molecular complexity index is 564. The van der Waals surface area contributed by atoms with Crippen LogP contribution < -0.4 is 0 Å². The lowest BCUT2D eigenvalue weighted by Crippen LogP contribution is -2.37. The molecule has 0 spiro atoms. The highest BCUT2D eigenvalue weighted by Crippen LogP contribution is 2.30. The SMILES string of the molecule is CCN(CC1CCC1)S(=O)(=O)c1cccc(CO)c1C. The highest BCUT2D eigenvalue weighted by molar-refractivity contribution is 7.89. The van der Waals surface area contributed by atoms with Crippen molar-refractivity contribution in [2.24, 2.45) is 5.92 Å². The van der Waals surface area contributed by atoms with Crippen molar-refractivity contribution < 1.29 is 13.5 Å². The number of aliphatic hydroxyl groups is 1. The van der Waals surface area contributed by atoms with Crippen molar-refractivity contribution in [1.29, 1.82) is 0 Å². The van der Waals surface area contributed by atoms with Gasteiger partial charge in [0.1, 0.15) is 0 Å². The van der Waals surface area contributed by atoms with Crippen LogP contribution in [-0.4, -0.2) is 30.9 Å². The zero-order chi connectivity index (χ0) is 14.8. The third-order valence-corrected chi connectivity index (χ3v) is 6.31. The van der Waals surface area contributed by atoms with E-state index in [0.717, 1.165) is 12.8 Å². The van der Waals surface area contributed by atoms with Crippen LogP contribution in [0.4, 0.5) is 0 Å². The monoisotopic (exact) mass is 297 g/mol. The van der Waals surface area contributed by atoms with E-state index in [4.69, 9.17) is 0 Å². The summed E-state index contributed by atoms with van der Waals surface area (Å²) < 4.78 is 27.1. The molecule has 0 bridgehead atoms. The zero-order valence-electron chi connectivity index (χ0n) is 12.2. The molecule has 1 aliphatic carbocycles. The van der Waals surface area contributed by atoms with Crippen molar-refractivity contribution in [2.45, 2.75) is 44.6 Å². The van der Waals surface area contributed by atoms with Gasteiger partial charge < -0.3 is 5.11 Å². The molecule has 0 unspecified atom stereocenters. The molecule has 0 saturated heterocycles. The van der Waals surface area contributed by atoms with Crippen LogP contribution in [-0.2, 0) is 16.6 Å². The summed E-state index contributed by atoms with van der Waals surface area (Å²) >= 11 is 0. The Morgan fingerprint density at radius 3 is 2.55 bits per heavy atom. The van der Waals surface area contributed by atoms with Crippen LogP contribution in [0.15, 0.2) is 23.1 Å². The molecule has 0 amide bonds. The molecule has 112 valence electrons. The lowest BCUT2D eigenvalue weighted by molar-refractivity contribution is 0.250. The molecule has 1 aromatic carbocycles. The average molecular weight is 297 g/mol. The molecule has 2 rings (SSSR count). The van der Waals surface area contributed by atoms with E-state index in [-0.39, 0.29) is 6.61 Å². The minimum absolute atomic E-state index is 0.135. The number of hydrogen-bond donors (Lipinski definition) is 1. The number of rotatable bonds is 6. The van der Waals surface area contributed by atoms with E-state index in [1.54, 1.807) is 29.4 Å². The van der Waals surface area contributed by atoms with Crippen molar-refractivity contribution in [1.82, 2.24) is 4.31 Å². The van der Waals surface area contributed by atoms with Crippen molar-refractivity contribution in [3.05, 3.63) is 29.3 Å². The van der Waals surface area contributed by atoms with E-state index < -0.39 is 10.0 Å². The summed E-state index contributed by atoms with van der Waals surface area (Å²) in [6.45, 7) is 4.60. The van der Waals surface area contributed by atoms with Crippen LogP contribution >= 0.6 is 0 Å². The topological polar surface area (TPSA) is 57.6 Å². The highest BCUT2D eigenvalue weighted by Gasteiger charge is 2.29. The predicted molar refractivity (Wildman–Crippen MR) is 78.9 cm³/mol. The fourth-order valence-electron chi connectivity index (χ4n) is 2.61. The molecular weight excluding hydrogens is 274 g/mol. The number of nitrogens with zero attached hydrogens (tertiary/aromatic N) is 1. The maximum absolute atomic E-state index is 12.8. The van der Waals surface area contributed by atoms with E-state index >= 15 is 0 Å². The van der Waals surface area contributed by atoms with E-state index in [1.165, 1.54) is 6.42 Å². The van der Waals surface area contributed by atoms with E-state index in [1.807, 2.05) is 6.92 Å². The molecule has 1 saturated carbocycles. The van der Waals surface area contributed by atoms with E-state index in [0.29, 0.717) is 35.0 Å². The molecule has 20 heavy (non-hydrogen) atoms. The molecule has 1 N–H and O–H groups in total. The second-order valence-corrected chi connectivity index (χ2v) is 7.36. The largest absolute Gasteiger partial charge is 0.392 e. The number of benzene rings is 1. The quantitative estimate of drug-likeness (QED) is 0.876. The second-order valence-electron chi connectivity index (χ2n) is 5.45. The van der Waals surface area contributed by atoms with Crippen molar-refractivity contribution in [3.63, 3.8) is 0 Å². The summed E-state index contributed by atoms with van der Waals surface area (Å²) in [4.78, 5) is 0.324. The fraction of sp³-hybridized carbons (Fsp3) is 0.600. The maximum Gasteiger partial charge on any atom is 0.243 e. The molecule has 0 radical (unpaired) electrons. The third-order valence-electron chi connectivity index (χ3n) is 4.22. The summed E-state index contributed by atoms with van der Waals surface area (Å²) in [5.41, 5.74) is 1.33. The maximum atomic E-state index is 12.8. The van der Waals surface area contributed by atoms with Crippen molar-refractivity contribution in [2.75, 3.05) is 13.1 Å². The van der Waals surface area contributed by atoms with Gasteiger partial charge in [-0.3, -0.25) is 0 Å². The van der Waals surface area contributed by atoms with Gasteiger partial charge in [-0.15, -0.1) is 0 Å². The molecule has 1 fully saturated rings. The fourth-order valence-corrected chi connectivity index (χ4v) is 4.40. The predicted octanol–water partition coefficient (Wildman–Crippen LogP) is 2.30. The smallest absolute Gasteiger partial charge is 0.243 e. The molecule has 1 aromatic rings. The highest BCUT2D eigenvalue weighted by atomic mass is 32.2. The van der Waals surface area contributed by atoms with Gasteiger partial charge in [0.15, 0.2) is 0 Å². The molecular formula is C15H23NO3S. The van der Waals surface area contributed by atoms with Gasteiger partial charge in [-0.1, -0.05) is 25.5 Å². The second kappa shape index (κ2) is 6.24. The molecule has 5 heteroatoms. The molecule has 0 atom stereocenters. The summed E-state index contributed by atoms with van der Waals surface area (Å²) in [6, 6.07) is 5.09. The van der Waals surface area contributed by atoms with Crippen LogP contribution in [0.25, 0.3) is 0 Å². The van der Waals surface area contributed by atoms with Crippen molar-refractivity contribution >= 4 is 10.0 Å². The molecule has 0 aliphatic heterocycles. The first-order valence-electron chi connectivity index (χ1n) is 7.20. The van der Waals surface area contributed by atoms with Gasteiger partial charge in [0.2, 0.25) is 10.0 Å². The van der Waals surface area contributed by atoms with Gasteiger partial charge in [-0.2, -0.15) is 4.31 Å². The molecule has 4 nitrogen and oxygen atoms in total. The van der Waals surface area contributed by atoms with Crippen LogP contribution in [0, 0.1) is 12.8 Å². The van der Waals surface area contributed by atoms with Crippen molar-refractivity contribution in [3.8, 4) is 0 Å². The van der Waals surface area contributed by atoms with Gasteiger partial charge in [-0.05, 0) is 42.9 Å². The van der Waals surface area contributed by atoms with Gasteiger partial charge in [-0.25, -0.2) is 8.42 Å². The first-order valence-corrected chi connectivity index (χ1v) is 8.64. The minimum atomic E-state index is -3.46. The molecule has 0 aromatic heterocycles. The lowest BCUT2D eigenvalue weighted by atomic mass is 9.85. The first kappa shape index (κ1) is 15.5. The normalized spacial score (nSPS) is 16.4. The summed E-state index contributed by atoms with van der Waals surface area (Å²) in [7, 11) is -3.46. The zero-order valence-corrected chi connectivity index (χ0v) is 13.0. The summed E-state index contributed by atoms with van der Waals surface area (Å²) in [5.74, 6) is 0.506. The van der Waals surface area contributed by atoms with Gasteiger partial charge >= 0.3 is 0 Å². The Balaban J connectivity index is 2.32. The van der Waals surface area contributed by atoms with E-state index in [9.17, 15) is 13.5 Å². The van der Waals surface area contributed by atoms with Crippen LogP contribution in [0.3, 0.4) is 0 Å². The van der Waals surface area contributed by atoms with E-state index in [2.05, 4.69) is 0 Å². The molecule has 0 heterocycles. The van der Waals surface area contributed by atoms with Gasteiger partial charge in [0.25, 0.3) is 0 Å².